The first kappa shape index (κ1) is 67.6. The van der Waals surface area contributed by atoms with Gasteiger partial charge >= 0.3 is 0 Å². The molecule has 0 bridgehead atoms. The number of rotatable bonds is 9. The van der Waals surface area contributed by atoms with Crippen molar-refractivity contribution < 1.29 is 19.2 Å². The molecule has 2 aliphatic heterocycles. The molecule has 1 unspecified atom stereocenters. The summed E-state index contributed by atoms with van der Waals surface area (Å²) in [7, 11) is 0. The van der Waals surface area contributed by atoms with Gasteiger partial charge in [-0.15, -0.1) is 90.7 Å². The summed E-state index contributed by atoms with van der Waals surface area (Å²) in [4.78, 5) is 74.2. The van der Waals surface area contributed by atoms with Gasteiger partial charge in [0.25, 0.3) is 0 Å². The number of thiophene rings is 4. The quantitative estimate of drug-likeness (QED) is 0.0932. The van der Waals surface area contributed by atoms with E-state index in [2.05, 4.69) is 128 Å². The lowest BCUT2D eigenvalue weighted by Crippen LogP contribution is -2.36. The van der Waals surface area contributed by atoms with Gasteiger partial charge in [0.2, 0.25) is 23.6 Å². The van der Waals surface area contributed by atoms with Crippen molar-refractivity contribution in [1.29, 1.82) is 0 Å². The molecule has 5 N–H and O–H groups in total. The van der Waals surface area contributed by atoms with E-state index in [1.807, 2.05) is 42.5 Å². The molecule has 2 aliphatic carbocycles. The van der Waals surface area contributed by atoms with Crippen LogP contribution in [0.3, 0.4) is 0 Å². The van der Waals surface area contributed by atoms with E-state index < -0.39 is 0 Å². The number of anilines is 4. The van der Waals surface area contributed by atoms with E-state index in [-0.39, 0.29) is 23.6 Å². The molecular formula is C74H78N10O4S8. The van der Waals surface area contributed by atoms with Gasteiger partial charge in [0.05, 0.1) is 40.9 Å². The molecule has 96 heavy (non-hydrogen) atoms. The summed E-state index contributed by atoms with van der Waals surface area (Å²) in [6.07, 6.45) is 9.19. The number of carbonyl (C=O) groups is 4. The van der Waals surface area contributed by atoms with Crippen LogP contribution in [0.4, 0.5) is 20.0 Å². The number of para-hydroxylation sites is 3. The standard InChI is InChI=1S/C20H23N3OS2.C18H19N3OS2.2C18H18N2OS2/c1-11(2)23-9-12(3)17-16(10-23)26-19(21-13(4)24)18(17)20-22-14-7-5-6-8-15(14)25-20;1-9-8-12-15(18-21-13-6-4-5-7-14(13)23-18)17(20-11(3)22)24-16(12)10(2)19-9;1-10-6-5-9-14-15(10)16(17(23-14)19-11(2)21)18-20-12-7-3-4-8-13(12)22-18;1-10-7-8-15-13(9-10)20-18(23-15)16-12-5-3-4-6-14(12)22-17(16)19-11(2)21/h5-8,11-12H,9-10H2,1-4H3,(H,21,24);4-7,9-10,19H,8H2,1-3H3,(H,20,22);3-4,7-8,10H,5-6,9H2,1-2H3,(H,19,21);7-9H,3-6H2,1-2H3,(H,19,21)/t12-;9-,10+;;/m11../s1. The lowest BCUT2D eigenvalue weighted by molar-refractivity contribution is -0.115. The van der Waals surface area contributed by atoms with E-state index in [4.69, 9.17) is 19.9 Å². The number of amides is 4. The van der Waals surface area contributed by atoms with E-state index in [1.165, 1.54) is 97.4 Å². The van der Waals surface area contributed by atoms with E-state index in [1.54, 1.807) is 118 Å². The second kappa shape index (κ2) is 28.9. The first-order valence-corrected chi connectivity index (χ1v) is 39.4. The van der Waals surface area contributed by atoms with Crippen molar-refractivity contribution in [2.75, 3.05) is 27.8 Å². The smallest absolute Gasteiger partial charge is 0.221 e. The highest BCUT2D eigenvalue weighted by Gasteiger charge is 2.35. The lowest BCUT2D eigenvalue weighted by atomic mass is 9.86. The van der Waals surface area contributed by atoms with Crippen LogP contribution >= 0.6 is 90.7 Å². The summed E-state index contributed by atoms with van der Waals surface area (Å²) in [6.45, 7) is 23.8. The van der Waals surface area contributed by atoms with Gasteiger partial charge in [-0.2, -0.15) is 0 Å². The van der Waals surface area contributed by atoms with Crippen molar-refractivity contribution in [3.63, 3.8) is 0 Å². The van der Waals surface area contributed by atoms with Crippen molar-refractivity contribution in [2.45, 2.75) is 164 Å². The van der Waals surface area contributed by atoms with Crippen LogP contribution in [0.25, 0.3) is 83.2 Å². The maximum Gasteiger partial charge on any atom is 0.221 e. The van der Waals surface area contributed by atoms with E-state index in [9.17, 15) is 19.2 Å². The molecule has 10 heterocycles. The highest BCUT2D eigenvalue weighted by molar-refractivity contribution is 7.25. The normalized spacial score (nSPS) is 17.3. The molecule has 12 aromatic rings. The van der Waals surface area contributed by atoms with Crippen LogP contribution in [0, 0.1) is 6.92 Å². The summed E-state index contributed by atoms with van der Waals surface area (Å²) in [5.74, 6) is 0.853. The second-order valence-electron chi connectivity index (χ2n) is 25.7. The number of carbonyl (C=O) groups excluding carboxylic acids is 4. The predicted molar refractivity (Wildman–Crippen MR) is 410 cm³/mol. The Morgan fingerprint density at radius 1 is 0.490 bits per heavy atom. The number of benzene rings is 4. The molecule has 16 rings (SSSR count). The zero-order valence-corrected chi connectivity index (χ0v) is 62.3. The number of aryl methyl sites for hydroxylation is 3. The van der Waals surface area contributed by atoms with Gasteiger partial charge in [-0.3, -0.25) is 24.1 Å². The predicted octanol–water partition coefficient (Wildman–Crippen LogP) is 20.5. The number of aromatic nitrogens is 4. The Kier molecular flexibility index (Phi) is 20.3. The Balaban J connectivity index is 0.000000116. The molecule has 0 saturated carbocycles. The van der Waals surface area contributed by atoms with Crippen LogP contribution in [0.15, 0.2) is 91.0 Å². The topological polar surface area (TPSA) is 183 Å². The van der Waals surface area contributed by atoms with Gasteiger partial charge in [0.15, 0.2) is 0 Å². The van der Waals surface area contributed by atoms with Crippen molar-refractivity contribution >= 4 is 175 Å². The van der Waals surface area contributed by atoms with Crippen molar-refractivity contribution in [3.8, 4) is 42.3 Å². The second-order valence-corrected chi connectivity index (χ2v) is 34.2. The number of nitrogens with one attached hydrogen (secondary N) is 5. The Morgan fingerprint density at radius 3 is 1.46 bits per heavy atom. The molecule has 4 atom stereocenters. The Hall–Kier alpha value is -6.96. The maximum atomic E-state index is 11.8. The number of thiazole rings is 4. The summed E-state index contributed by atoms with van der Waals surface area (Å²) in [6, 6.07) is 32.3. The average molecular weight is 1430 g/mol. The van der Waals surface area contributed by atoms with Crippen LogP contribution in [0.5, 0.6) is 0 Å². The molecule has 4 aliphatic rings. The molecule has 0 fully saturated rings. The lowest BCUT2D eigenvalue weighted by Gasteiger charge is -2.34. The molecule has 0 saturated heterocycles. The fraction of sp³-hybridized carbons (Fsp3) is 0.351. The summed E-state index contributed by atoms with van der Waals surface area (Å²) < 4.78 is 4.76. The van der Waals surface area contributed by atoms with Gasteiger partial charge < -0.3 is 26.6 Å². The Labute approximate surface area is 592 Å². The summed E-state index contributed by atoms with van der Waals surface area (Å²) in [5.41, 5.74) is 15.4. The molecule has 22 heteroatoms. The third-order valence-corrected chi connectivity index (χ3v) is 26.8. The van der Waals surface area contributed by atoms with Crippen molar-refractivity contribution in [1.82, 2.24) is 30.2 Å². The molecule has 4 aromatic carbocycles. The first-order chi connectivity index (χ1) is 46.2. The fourth-order valence-electron chi connectivity index (χ4n) is 13.5. The van der Waals surface area contributed by atoms with E-state index >= 15 is 0 Å². The number of nitrogens with zero attached hydrogens (tertiary/aromatic N) is 5. The van der Waals surface area contributed by atoms with Crippen LogP contribution in [0.2, 0.25) is 0 Å². The third-order valence-electron chi connectivity index (χ3n) is 17.7. The van der Waals surface area contributed by atoms with Crippen LogP contribution in [-0.2, 0) is 51.4 Å². The van der Waals surface area contributed by atoms with Gasteiger partial charge in [-0.1, -0.05) is 56.3 Å². The number of hydrogen-bond acceptors (Lipinski definition) is 18. The van der Waals surface area contributed by atoms with E-state index in [0.29, 0.717) is 30.0 Å². The van der Waals surface area contributed by atoms with Gasteiger partial charge in [0.1, 0.15) is 40.0 Å². The maximum absolute atomic E-state index is 11.8. The fourth-order valence-corrected chi connectivity index (χ4v) is 23.4. The monoisotopic (exact) mass is 1430 g/mol. The molecule has 8 aromatic heterocycles. The van der Waals surface area contributed by atoms with Gasteiger partial charge in [-0.05, 0) is 174 Å². The van der Waals surface area contributed by atoms with Gasteiger partial charge in [-0.25, -0.2) is 19.9 Å². The van der Waals surface area contributed by atoms with Crippen LogP contribution in [0.1, 0.15) is 160 Å². The van der Waals surface area contributed by atoms with E-state index in [0.717, 1.165) is 118 Å². The minimum Gasteiger partial charge on any atom is -0.317 e. The summed E-state index contributed by atoms with van der Waals surface area (Å²) >= 11 is 13.7. The number of fused-ring (bicyclic) bond motifs is 8. The van der Waals surface area contributed by atoms with Crippen molar-refractivity contribution in [3.05, 3.63) is 138 Å². The van der Waals surface area contributed by atoms with Crippen LogP contribution in [-0.4, -0.2) is 67.1 Å². The minimum atomic E-state index is -0.0374. The Bertz CT molecular complexity index is 4820. The highest BCUT2D eigenvalue weighted by Crippen LogP contribution is 2.53. The molecular weight excluding hydrogens is 1350 g/mol. The molecule has 0 radical (unpaired) electrons. The third kappa shape index (κ3) is 14.3. The molecule has 14 nitrogen and oxygen atoms in total. The average Bonchev–Trinajstić information content (AvgIpc) is 1.64. The molecule has 496 valence electrons. The Morgan fingerprint density at radius 2 is 0.927 bits per heavy atom. The number of hydrogen-bond donors (Lipinski definition) is 5. The minimum absolute atomic E-state index is 0.0122. The summed E-state index contributed by atoms with van der Waals surface area (Å²) in [5, 5.41) is 23.6. The van der Waals surface area contributed by atoms with Gasteiger partial charge in [0, 0.05) is 101 Å². The first-order valence-electron chi connectivity index (χ1n) is 32.9. The SMILES string of the molecule is CC(=O)Nc1sc2c(c1-c1nc3cc(C)ccc3s1)CCCC2.CC(=O)Nc1sc2c(c1-c1nc3ccccc3s1)C(C)CCC2.CC(=O)Nc1sc2c(c1-c1nc3ccccc3s1)C[C@@H](C)N[C@H]2C.CC(=O)Nc1sc2c(c1-c1nc3ccccc3s1)[C@H](C)CN(C(C)C)C2. The zero-order valence-electron chi connectivity index (χ0n) is 55.8. The highest BCUT2D eigenvalue weighted by atomic mass is 32.1. The van der Waals surface area contributed by atoms with Crippen molar-refractivity contribution in [2.24, 2.45) is 0 Å². The molecule has 4 amide bonds. The zero-order chi connectivity index (χ0) is 67.2. The molecule has 0 spiro atoms. The largest absolute Gasteiger partial charge is 0.317 e. The van der Waals surface area contributed by atoms with Crippen LogP contribution < -0.4 is 26.6 Å².